The molecular formula is C2H3ClN2O4Se. The van der Waals surface area contributed by atoms with Crippen LogP contribution in [0, 0.1) is 10.2 Å². The normalized spacial score (nSPS) is 10.0. The molecule has 0 fully saturated rings. The van der Waals surface area contributed by atoms with Crippen molar-refractivity contribution in [2.24, 2.45) is 0 Å². The molecule has 1 heterocycles. The van der Waals surface area contributed by atoms with Crippen LogP contribution in [-0.4, -0.2) is 18.8 Å². The van der Waals surface area contributed by atoms with Crippen molar-refractivity contribution in [3.05, 3.63) is 11.1 Å². The van der Waals surface area contributed by atoms with Crippen molar-refractivity contribution in [3.8, 4) is 0 Å². The summed E-state index contributed by atoms with van der Waals surface area (Å²) in [4.78, 5) is 2.02. The van der Waals surface area contributed by atoms with Crippen molar-refractivity contribution < 1.29 is 34.0 Å². The number of hydrogen-bond donors (Lipinski definition) is 0. The van der Waals surface area contributed by atoms with E-state index in [9.17, 15) is 0 Å². The first kappa shape index (κ1) is 9.99. The first-order valence-corrected chi connectivity index (χ1v) is 4.87. The Morgan fingerprint density at radius 1 is 1.30 bits per heavy atom. The molecule has 0 spiro atoms. The minimum absolute atomic E-state index is 0.403. The van der Waals surface area contributed by atoms with Gasteiger partial charge in [0, 0.05) is 0 Å². The van der Waals surface area contributed by atoms with E-state index in [2.05, 4.69) is 9.19 Å². The number of rotatable bonds is 0. The summed E-state index contributed by atoms with van der Waals surface area (Å²) in [5, 5.41) is 2.69. The van der Waals surface area contributed by atoms with Crippen molar-refractivity contribution >= 4 is 14.7 Å². The molecule has 0 unspecified atom stereocenters. The van der Waals surface area contributed by atoms with Crippen LogP contribution in [0.3, 0.4) is 0 Å². The molecule has 0 bridgehead atoms. The van der Waals surface area contributed by atoms with E-state index in [0.29, 0.717) is 14.7 Å². The standard InChI is InChI=1S/C2H2N2Se.ClHO4/c1-2-5-4-3-1;2-1(3,4)5/h1-2H;(H,2,3,4,5). The van der Waals surface area contributed by atoms with Gasteiger partial charge in [0.05, 0.1) is 0 Å². The van der Waals surface area contributed by atoms with Gasteiger partial charge >= 0.3 is 35.1 Å². The third-order valence-corrected chi connectivity index (χ3v) is 1.29. The third-order valence-electron chi connectivity index (χ3n) is 0.309. The Hall–Kier alpha value is -0.0105. The summed E-state index contributed by atoms with van der Waals surface area (Å²) in [6, 6.07) is 0. The summed E-state index contributed by atoms with van der Waals surface area (Å²) in [7, 11) is -4.94. The Morgan fingerprint density at radius 2 is 1.80 bits per heavy atom. The van der Waals surface area contributed by atoms with E-state index in [4.69, 9.17) is 18.6 Å². The first-order chi connectivity index (χ1) is 4.50. The van der Waals surface area contributed by atoms with Gasteiger partial charge in [-0.1, -0.05) is 0 Å². The molecule has 0 aliphatic heterocycles. The van der Waals surface area contributed by atoms with Gasteiger partial charge in [0.2, 0.25) is 0 Å². The van der Waals surface area contributed by atoms with Crippen LogP contribution in [0.1, 0.15) is 0 Å². The summed E-state index contributed by atoms with van der Waals surface area (Å²) in [5.74, 6) is 0. The van der Waals surface area contributed by atoms with Gasteiger partial charge in [-0.25, -0.2) is 18.6 Å². The van der Waals surface area contributed by atoms with Crippen LogP contribution in [0.5, 0.6) is 0 Å². The second-order valence-corrected chi connectivity index (χ2v) is 3.16. The molecule has 10 heavy (non-hydrogen) atoms. The minimum atomic E-state index is -4.94. The SMILES string of the molecule is [O-][Cl+3]([O-])([O-])[O-].c1c[se]n[nH+]1. The maximum atomic E-state index is 8.49. The van der Waals surface area contributed by atoms with Crippen LogP contribution < -0.4 is 23.7 Å². The summed E-state index contributed by atoms with van der Waals surface area (Å²) >= 11 is 0.403. The number of aromatic amines is 1. The summed E-state index contributed by atoms with van der Waals surface area (Å²) in [6.07, 6.45) is 1.85. The fourth-order valence-electron chi connectivity index (χ4n) is 0.152. The van der Waals surface area contributed by atoms with E-state index in [0.717, 1.165) is 0 Å². The van der Waals surface area contributed by atoms with E-state index in [1.165, 1.54) is 0 Å². The van der Waals surface area contributed by atoms with E-state index in [-0.39, 0.29) is 0 Å². The second-order valence-electron chi connectivity index (χ2n) is 1.01. The molecule has 6 nitrogen and oxygen atoms in total. The summed E-state index contributed by atoms with van der Waals surface area (Å²) in [6.45, 7) is 0. The average molecular weight is 233 g/mol. The Morgan fingerprint density at radius 3 is 1.90 bits per heavy atom. The zero-order valence-corrected chi connectivity index (χ0v) is 6.99. The molecule has 0 saturated carbocycles. The predicted octanol–water partition coefficient (Wildman–Crippen LogP) is -5.80. The van der Waals surface area contributed by atoms with Crippen molar-refractivity contribution in [1.29, 1.82) is 0 Å². The summed E-state index contributed by atoms with van der Waals surface area (Å²) in [5.41, 5.74) is 0. The maximum absolute atomic E-state index is 8.49. The summed E-state index contributed by atoms with van der Waals surface area (Å²) < 4.78 is 37.8. The van der Waals surface area contributed by atoms with Crippen LogP contribution in [0.2, 0.25) is 0 Å². The Bertz CT molecular complexity index is 128. The quantitative estimate of drug-likeness (QED) is 0.413. The van der Waals surface area contributed by atoms with Crippen LogP contribution in [0.4, 0.5) is 0 Å². The number of aromatic nitrogens is 2. The number of nitrogens with one attached hydrogen (secondary N) is 1. The fraction of sp³-hybridized carbons (Fsp3) is 0. The molecule has 0 aliphatic rings. The van der Waals surface area contributed by atoms with Crippen molar-refractivity contribution in [2.75, 3.05) is 0 Å². The second kappa shape index (κ2) is 4.75. The van der Waals surface area contributed by atoms with Gasteiger partial charge in [0.25, 0.3) is 0 Å². The zero-order chi connectivity index (χ0) is 8.04. The van der Waals surface area contributed by atoms with E-state index in [1.807, 2.05) is 11.1 Å². The Kier molecular flexibility index (Phi) is 4.75. The molecule has 0 amide bonds. The number of hydrogen-bond acceptors (Lipinski definition) is 5. The van der Waals surface area contributed by atoms with Crippen molar-refractivity contribution in [3.63, 3.8) is 0 Å². The van der Waals surface area contributed by atoms with Crippen molar-refractivity contribution in [2.45, 2.75) is 0 Å². The van der Waals surface area contributed by atoms with Crippen LogP contribution in [-0.2, 0) is 0 Å². The molecule has 8 heteroatoms. The number of halogens is 1. The predicted molar refractivity (Wildman–Crippen MR) is 17.7 cm³/mol. The molecule has 1 aromatic heterocycles. The zero-order valence-electron chi connectivity index (χ0n) is 4.52. The molecule has 1 N–H and O–H groups in total. The number of nitrogens with zero attached hydrogens (tertiary/aromatic N) is 1. The molecule has 0 aromatic carbocycles. The molecular weight excluding hydrogens is 230 g/mol. The molecule has 1 aromatic rings. The average Bonchev–Trinajstić information content (AvgIpc) is 2.07. The van der Waals surface area contributed by atoms with Crippen LogP contribution >= 0.6 is 0 Å². The molecule has 0 aliphatic carbocycles. The molecule has 0 atom stereocenters. The van der Waals surface area contributed by atoms with Gasteiger partial charge in [-0.05, 0) is 0 Å². The van der Waals surface area contributed by atoms with Gasteiger partial charge in [-0.2, -0.15) is 0 Å². The Balaban J connectivity index is 0.000000162. The van der Waals surface area contributed by atoms with Crippen LogP contribution in [0.25, 0.3) is 0 Å². The van der Waals surface area contributed by atoms with E-state index in [1.54, 1.807) is 0 Å². The molecule has 1 rings (SSSR count). The molecule has 58 valence electrons. The Labute approximate surface area is 64.5 Å². The fourth-order valence-corrected chi connectivity index (χ4v) is 0.791. The van der Waals surface area contributed by atoms with Crippen LogP contribution in [0.15, 0.2) is 11.1 Å². The third kappa shape index (κ3) is 15.7. The van der Waals surface area contributed by atoms with Gasteiger partial charge in [0.1, 0.15) is 0 Å². The molecule has 0 radical (unpaired) electrons. The monoisotopic (exact) mass is 234 g/mol. The van der Waals surface area contributed by atoms with Gasteiger partial charge < -0.3 is 0 Å². The van der Waals surface area contributed by atoms with E-state index < -0.39 is 10.2 Å². The first-order valence-electron chi connectivity index (χ1n) is 1.88. The topological polar surface area (TPSA) is 119 Å². The van der Waals surface area contributed by atoms with Gasteiger partial charge in [-0.3, -0.25) is 0 Å². The van der Waals surface area contributed by atoms with E-state index >= 15 is 0 Å². The van der Waals surface area contributed by atoms with Gasteiger partial charge in [0.15, 0.2) is 0 Å². The van der Waals surface area contributed by atoms with Gasteiger partial charge in [-0.15, -0.1) is 10.2 Å². The number of H-pyrrole nitrogens is 1. The van der Waals surface area contributed by atoms with Crippen molar-refractivity contribution in [1.82, 2.24) is 4.09 Å². The molecule has 0 saturated heterocycles.